The molecule has 2 rings (SSSR count). The van der Waals surface area contributed by atoms with Gasteiger partial charge in [0.2, 0.25) is 20.0 Å². The van der Waals surface area contributed by atoms with Gasteiger partial charge in [-0.15, -0.1) is 0 Å². The molecule has 0 aromatic heterocycles. The normalized spacial score (nSPS) is 16.1. The third kappa shape index (κ3) is 5.35. The summed E-state index contributed by atoms with van der Waals surface area (Å²) in [5, 5.41) is 0. The second-order valence-corrected chi connectivity index (χ2v) is 9.51. The molecule has 0 radical (unpaired) electrons. The summed E-state index contributed by atoms with van der Waals surface area (Å²) in [7, 11) is -6.75. The summed E-state index contributed by atoms with van der Waals surface area (Å²) in [6, 6.07) is 7.43. The molecule has 1 aliphatic carbocycles. The zero-order valence-electron chi connectivity index (χ0n) is 12.8. The number of nitrogens with zero attached hydrogens (tertiary/aromatic N) is 1. The first kappa shape index (κ1) is 17.4. The van der Waals surface area contributed by atoms with Gasteiger partial charge in [0.25, 0.3) is 0 Å². The Morgan fingerprint density at radius 1 is 1.23 bits per heavy atom. The number of rotatable bonds is 8. The number of aryl methyl sites for hydroxylation is 1. The average molecular weight is 346 g/mol. The fourth-order valence-electron chi connectivity index (χ4n) is 2.35. The fourth-order valence-corrected chi connectivity index (χ4v) is 4.61. The molecule has 1 aromatic carbocycles. The SMILES string of the molecule is Cc1cccc(CS(=O)(=O)N(CCNS(C)(=O)=O)C2CC2)c1. The van der Waals surface area contributed by atoms with Crippen LogP contribution < -0.4 is 4.72 Å². The summed E-state index contributed by atoms with van der Waals surface area (Å²) in [6.45, 7) is 2.19. The minimum atomic E-state index is -3.45. The van der Waals surface area contributed by atoms with E-state index in [1.54, 1.807) is 6.07 Å². The van der Waals surface area contributed by atoms with E-state index in [9.17, 15) is 16.8 Å². The minimum Gasteiger partial charge on any atom is -0.214 e. The lowest BCUT2D eigenvalue weighted by molar-refractivity contribution is 0.405. The average Bonchev–Trinajstić information content (AvgIpc) is 3.16. The summed E-state index contributed by atoms with van der Waals surface area (Å²) < 4.78 is 51.2. The Hall–Kier alpha value is -0.960. The highest BCUT2D eigenvalue weighted by Crippen LogP contribution is 2.30. The van der Waals surface area contributed by atoms with Gasteiger partial charge in [0.15, 0.2) is 0 Å². The van der Waals surface area contributed by atoms with Gasteiger partial charge in [0, 0.05) is 19.1 Å². The van der Waals surface area contributed by atoms with Crippen LogP contribution >= 0.6 is 0 Å². The molecule has 1 saturated carbocycles. The van der Waals surface area contributed by atoms with Crippen LogP contribution in [0.5, 0.6) is 0 Å². The van der Waals surface area contributed by atoms with Crippen LogP contribution in [0.25, 0.3) is 0 Å². The van der Waals surface area contributed by atoms with Crippen LogP contribution in [-0.2, 0) is 25.8 Å². The molecule has 124 valence electrons. The van der Waals surface area contributed by atoms with Crippen LogP contribution in [0.1, 0.15) is 24.0 Å². The zero-order chi connectivity index (χ0) is 16.4. The third-order valence-corrected chi connectivity index (χ3v) is 6.06. The highest BCUT2D eigenvalue weighted by molar-refractivity contribution is 7.88. The van der Waals surface area contributed by atoms with Crippen molar-refractivity contribution in [2.45, 2.75) is 31.6 Å². The van der Waals surface area contributed by atoms with E-state index in [1.165, 1.54) is 4.31 Å². The predicted octanol–water partition coefficient (Wildman–Crippen LogP) is 0.838. The van der Waals surface area contributed by atoms with Crippen molar-refractivity contribution >= 4 is 20.0 Å². The molecule has 1 fully saturated rings. The molecule has 8 heteroatoms. The topological polar surface area (TPSA) is 83.6 Å². The molecule has 0 bridgehead atoms. The molecule has 0 unspecified atom stereocenters. The van der Waals surface area contributed by atoms with E-state index in [0.717, 1.165) is 30.2 Å². The van der Waals surface area contributed by atoms with Gasteiger partial charge in [0.05, 0.1) is 12.0 Å². The predicted molar refractivity (Wildman–Crippen MR) is 86.4 cm³/mol. The summed E-state index contributed by atoms with van der Waals surface area (Å²) in [4.78, 5) is 0. The summed E-state index contributed by atoms with van der Waals surface area (Å²) in [5.74, 6) is -0.0515. The van der Waals surface area contributed by atoms with Gasteiger partial charge < -0.3 is 0 Å². The molecule has 6 nitrogen and oxygen atoms in total. The Morgan fingerprint density at radius 2 is 1.91 bits per heavy atom. The maximum absolute atomic E-state index is 12.6. The van der Waals surface area contributed by atoms with Gasteiger partial charge in [-0.05, 0) is 25.3 Å². The first-order valence-corrected chi connectivity index (χ1v) is 10.7. The molecule has 1 N–H and O–H groups in total. The lowest BCUT2D eigenvalue weighted by Crippen LogP contribution is -2.40. The maximum Gasteiger partial charge on any atom is 0.218 e. The molecule has 0 atom stereocenters. The Bertz CT molecular complexity index is 725. The number of sulfonamides is 2. The molecule has 0 saturated heterocycles. The smallest absolute Gasteiger partial charge is 0.214 e. The van der Waals surface area contributed by atoms with Crippen molar-refractivity contribution in [1.29, 1.82) is 0 Å². The second kappa shape index (κ2) is 6.66. The van der Waals surface area contributed by atoms with Gasteiger partial charge in [-0.1, -0.05) is 29.8 Å². The molecular weight excluding hydrogens is 324 g/mol. The van der Waals surface area contributed by atoms with E-state index >= 15 is 0 Å². The Labute approximate surface area is 132 Å². The zero-order valence-corrected chi connectivity index (χ0v) is 14.5. The lowest BCUT2D eigenvalue weighted by Gasteiger charge is -2.22. The Balaban J connectivity index is 2.06. The van der Waals surface area contributed by atoms with E-state index in [2.05, 4.69) is 4.72 Å². The van der Waals surface area contributed by atoms with Crippen LogP contribution in [0.3, 0.4) is 0 Å². The summed E-state index contributed by atoms with van der Waals surface area (Å²) in [6.07, 6.45) is 2.74. The Morgan fingerprint density at radius 3 is 2.45 bits per heavy atom. The van der Waals surface area contributed by atoms with Crippen molar-refractivity contribution in [2.75, 3.05) is 19.3 Å². The van der Waals surface area contributed by atoms with Crippen LogP contribution in [-0.4, -0.2) is 46.5 Å². The van der Waals surface area contributed by atoms with Gasteiger partial charge in [-0.3, -0.25) is 0 Å². The quantitative estimate of drug-likeness (QED) is 0.756. The summed E-state index contributed by atoms with van der Waals surface area (Å²) >= 11 is 0. The van der Waals surface area contributed by atoms with Gasteiger partial charge in [-0.2, -0.15) is 4.31 Å². The maximum atomic E-state index is 12.6. The molecule has 0 spiro atoms. The first-order valence-electron chi connectivity index (χ1n) is 7.17. The first-order chi connectivity index (χ1) is 10.2. The molecule has 1 aliphatic rings. The molecule has 0 heterocycles. The van der Waals surface area contributed by atoms with Crippen LogP contribution in [0, 0.1) is 6.92 Å². The molecule has 0 amide bonds. The minimum absolute atomic E-state index is 0.0103. The monoisotopic (exact) mass is 346 g/mol. The van der Waals surface area contributed by atoms with Crippen LogP contribution in [0.2, 0.25) is 0 Å². The largest absolute Gasteiger partial charge is 0.218 e. The molecule has 0 aliphatic heterocycles. The van der Waals surface area contributed by atoms with Crippen molar-refractivity contribution in [3.8, 4) is 0 Å². The number of hydrogen-bond donors (Lipinski definition) is 1. The standard InChI is InChI=1S/C14H22N2O4S2/c1-12-4-3-5-13(10-12)11-22(19,20)16(14-6-7-14)9-8-15-21(2,17)18/h3-5,10,14-15H,6-9,11H2,1-2H3. The van der Waals surface area contributed by atoms with Gasteiger partial charge >= 0.3 is 0 Å². The molecular formula is C14H22N2O4S2. The number of hydrogen-bond acceptors (Lipinski definition) is 4. The molecule has 22 heavy (non-hydrogen) atoms. The van der Waals surface area contributed by atoms with Crippen LogP contribution in [0.4, 0.5) is 0 Å². The van der Waals surface area contributed by atoms with Crippen molar-refractivity contribution in [3.63, 3.8) is 0 Å². The summed E-state index contributed by atoms with van der Waals surface area (Å²) in [5.41, 5.74) is 1.77. The number of nitrogens with one attached hydrogen (secondary N) is 1. The highest BCUT2D eigenvalue weighted by Gasteiger charge is 2.36. The molecule has 1 aromatic rings. The van der Waals surface area contributed by atoms with E-state index in [4.69, 9.17) is 0 Å². The lowest BCUT2D eigenvalue weighted by atomic mass is 10.2. The van der Waals surface area contributed by atoms with E-state index in [-0.39, 0.29) is 24.9 Å². The van der Waals surface area contributed by atoms with Crippen molar-refractivity contribution in [2.24, 2.45) is 0 Å². The number of benzene rings is 1. The van der Waals surface area contributed by atoms with Crippen molar-refractivity contribution < 1.29 is 16.8 Å². The second-order valence-electron chi connectivity index (χ2n) is 5.75. The van der Waals surface area contributed by atoms with Crippen LogP contribution in [0.15, 0.2) is 24.3 Å². The Kier molecular flexibility index (Phi) is 5.26. The van der Waals surface area contributed by atoms with E-state index < -0.39 is 20.0 Å². The van der Waals surface area contributed by atoms with E-state index in [0.29, 0.717) is 0 Å². The van der Waals surface area contributed by atoms with Crippen molar-refractivity contribution in [1.82, 2.24) is 9.03 Å². The van der Waals surface area contributed by atoms with E-state index in [1.807, 2.05) is 25.1 Å². The van der Waals surface area contributed by atoms with Gasteiger partial charge in [0.1, 0.15) is 0 Å². The highest BCUT2D eigenvalue weighted by atomic mass is 32.2. The third-order valence-electron chi connectivity index (χ3n) is 3.44. The van der Waals surface area contributed by atoms with Gasteiger partial charge in [-0.25, -0.2) is 21.6 Å². The van der Waals surface area contributed by atoms with Crippen molar-refractivity contribution in [3.05, 3.63) is 35.4 Å². The fraction of sp³-hybridized carbons (Fsp3) is 0.571.